The van der Waals surface area contributed by atoms with E-state index in [-0.39, 0.29) is 11.6 Å². The number of likely N-dealkylation sites (tertiary alicyclic amines) is 1. The average molecular weight is 442 g/mol. The summed E-state index contributed by atoms with van der Waals surface area (Å²) in [5.74, 6) is -0.0891. The molecule has 1 N–H and O–H groups in total. The number of benzene rings is 1. The first-order valence-electron chi connectivity index (χ1n) is 10.7. The fourth-order valence-electron chi connectivity index (χ4n) is 3.97. The summed E-state index contributed by atoms with van der Waals surface area (Å²) in [5.41, 5.74) is 1.21. The summed E-state index contributed by atoms with van der Waals surface area (Å²) in [6.07, 6.45) is 6.60. The van der Waals surface area contributed by atoms with E-state index in [0.717, 1.165) is 41.6 Å². The molecule has 5 nitrogen and oxygen atoms in total. The molecule has 3 heterocycles. The van der Waals surface area contributed by atoms with Crippen molar-refractivity contribution < 1.29 is 14.2 Å². The van der Waals surface area contributed by atoms with Gasteiger partial charge in [-0.1, -0.05) is 18.2 Å². The first kappa shape index (κ1) is 21.9. The molecule has 0 bridgehead atoms. The second-order valence-corrected chi connectivity index (χ2v) is 9.16. The van der Waals surface area contributed by atoms with E-state index in [2.05, 4.69) is 16.0 Å². The largest absolute Gasteiger partial charge is 0.490 e. The smallest absolute Gasteiger partial charge is 0.165 e. The molecule has 0 saturated carbocycles. The van der Waals surface area contributed by atoms with Gasteiger partial charge in [-0.2, -0.15) is 0 Å². The lowest BCUT2D eigenvalue weighted by atomic mass is 9.96. The van der Waals surface area contributed by atoms with Crippen molar-refractivity contribution in [2.45, 2.75) is 44.8 Å². The van der Waals surface area contributed by atoms with Crippen LogP contribution in [-0.4, -0.2) is 39.7 Å². The Kier molecular flexibility index (Phi) is 6.95. The molecule has 1 aliphatic rings. The fraction of sp³-hybridized carbons (Fsp3) is 0.417. The van der Waals surface area contributed by atoms with E-state index in [0.29, 0.717) is 25.9 Å². The van der Waals surface area contributed by atoms with Crippen molar-refractivity contribution in [2.75, 3.05) is 19.7 Å². The highest BCUT2D eigenvalue weighted by Crippen LogP contribution is 2.37. The number of rotatable bonds is 7. The molecular weight excluding hydrogens is 413 g/mol. The number of hydrogen-bond acceptors (Lipinski definition) is 6. The number of pyridine rings is 1. The molecule has 164 valence electrons. The van der Waals surface area contributed by atoms with Crippen LogP contribution in [0.5, 0.6) is 5.75 Å². The fourth-order valence-corrected chi connectivity index (χ4v) is 5.16. The van der Waals surface area contributed by atoms with E-state index in [4.69, 9.17) is 9.72 Å². The van der Waals surface area contributed by atoms with Crippen LogP contribution in [0.3, 0.4) is 0 Å². The minimum Gasteiger partial charge on any atom is -0.490 e. The molecule has 0 radical (unpaired) electrons. The lowest BCUT2D eigenvalue weighted by Crippen LogP contribution is -2.29. The molecule has 1 saturated heterocycles. The van der Waals surface area contributed by atoms with E-state index in [1.54, 1.807) is 35.7 Å². The number of thiazole rings is 1. The number of para-hydroxylation sites is 1. The van der Waals surface area contributed by atoms with Crippen molar-refractivity contribution in [1.29, 1.82) is 0 Å². The van der Waals surface area contributed by atoms with Gasteiger partial charge in [-0.05, 0) is 56.5 Å². The van der Waals surface area contributed by atoms with E-state index in [9.17, 15) is 9.50 Å². The third-order valence-electron chi connectivity index (χ3n) is 5.75. The molecule has 1 unspecified atom stereocenters. The maximum Gasteiger partial charge on any atom is 0.165 e. The molecular formula is C24H28FN3O2S. The van der Waals surface area contributed by atoms with Gasteiger partial charge in [0.05, 0.1) is 12.3 Å². The SMILES string of the molecule is Cc1nc(C2(O)CCCN(Cc3cccnc3)CC2)sc1CCOc1ccccc1F. The Balaban J connectivity index is 1.37. The second kappa shape index (κ2) is 9.85. The average Bonchev–Trinajstić information content (AvgIpc) is 3.04. The first-order chi connectivity index (χ1) is 15.0. The van der Waals surface area contributed by atoms with Crippen LogP contribution in [-0.2, 0) is 18.6 Å². The van der Waals surface area contributed by atoms with Gasteiger partial charge in [0.25, 0.3) is 0 Å². The summed E-state index contributed by atoms with van der Waals surface area (Å²) in [7, 11) is 0. The highest BCUT2D eigenvalue weighted by Gasteiger charge is 2.35. The van der Waals surface area contributed by atoms with Crippen molar-refractivity contribution in [1.82, 2.24) is 14.9 Å². The molecule has 1 aromatic carbocycles. The van der Waals surface area contributed by atoms with Crippen LogP contribution in [0, 0.1) is 12.7 Å². The zero-order valence-electron chi connectivity index (χ0n) is 17.8. The summed E-state index contributed by atoms with van der Waals surface area (Å²) >= 11 is 1.56. The van der Waals surface area contributed by atoms with E-state index in [1.165, 1.54) is 11.6 Å². The Bertz CT molecular complexity index is 997. The molecule has 2 aromatic heterocycles. The second-order valence-electron chi connectivity index (χ2n) is 8.08. The lowest BCUT2D eigenvalue weighted by molar-refractivity contribution is 0.0207. The molecule has 4 rings (SSSR count). The minimum atomic E-state index is -0.899. The van der Waals surface area contributed by atoms with Crippen molar-refractivity contribution >= 4 is 11.3 Å². The highest BCUT2D eigenvalue weighted by atomic mass is 32.1. The van der Waals surface area contributed by atoms with Crippen LogP contribution >= 0.6 is 11.3 Å². The van der Waals surface area contributed by atoms with Gasteiger partial charge in [-0.15, -0.1) is 11.3 Å². The van der Waals surface area contributed by atoms with Gasteiger partial charge in [0, 0.05) is 36.8 Å². The summed E-state index contributed by atoms with van der Waals surface area (Å²) in [6, 6.07) is 10.5. The summed E-state index contributed by atoms with van der Waals surface area (Å²) in [4.78, 5) is 12.4. The van der Waals surface area contributed by atoms with Gasteiger partial charge in [-0.3, -0.25) is 9.88 Å². The minimum absolute atomic E-state index is 0.265. The zero-order chi connectivity index (χ0) is 21.7. The van der Waals surface area contributed by atoms with Crippen LogP contribution in [0.1, 0.15) is 40.4 Å². The maximum atomic E-state index is 13.7. The summed E-state index contributed by atoms with van der Waals surface area (Å²) in [5, 5.41) is 12.2. The van der Waals surface area contributed by atoms with Gasteiger partial charge in [0.1, 0.15) is 10.6 Å². The normalized spacial score (nSPS) is 19.8. The molecule has 0 aliphatic carbocycles. The van der Waals surface area contributed by atoms with Crippen LogP contribution in [0.25, 0.3) is 0 Å². The topological polar surface area (TPSA) is 58.5 Å². The third-order valence-corrected chi connectivity index (χ3v) is 7.16. The molecule has 3 aromatic rings. The Morgan fingerprint density at radius 1 is 1.19 bits per heavy atom. The molecule has 1 atom stereocenters. The van der Waals surface area contributed by atoms with Crippen molar-refractivity contribution in [3.8, 4) is 5.75 Å². The van der Waals surface area contributed by atoms with E-state index in [1.807, 2.05) is 19.2 Å². The molecule has 7 heteroatoms. The number of hydrogen-bond donors (Lipinski definition) is 1. The lowest BCUT2D eigenvalue weighted by Gasteiger charge is -2.24. The molecule has 0 amide bonds. The van der Waals surface area contributed by atoms with Crippen LogP contribution in [0.2, 0.25) is 0 Å². The van der Waals surface area contributed by atoms with Crippen LogP contribution in [0.15, 0.2) is 48.8 Å². The van der Waals surface area contributed by atoms with Crippen molar-refractivity contribution in [2.24, 2.45) is 0 Å². The maximum absolute atomic E-state index is 13.7. The Morgan fingerprint density at radius 2 is 2.06 bits per heavy atom. The number of halogens is 1. The van der Waals surface area contributed by atoms with Crippen molar-refractivity contribution in [3.05, 3.63) is 75.8 Å². The predicted octanol–water partition coefficient (Wildman–Crippen LogP) is 4.48. The Morgan fingerprint density at radius 3 is 2.87 bits per heavy atom. The van der Waals surface area contributed by atoms with Gasteiger partial charge in [0.2, 0.25) is 0 Å². The molecule has 1 aliphatic heterocycles. The van der Waals surface area contributed by atoms with Crippen LogP contribution in [0.4, 0.5) is 4.39 Å². The van der Waals surface area contributed by atoms with Crippen molar-refractivity contribution in [3.63, 3.8) is 0 Å². The number of nitrogens with zero attached hydrogens (tertiary/aromatic N) is 3. The third kappa shape index (κ3) is 5.47. The number of aromatic nitrogens is 2. The predicted molar refractivity (Wildman–Crippen MR) is 120 cm³/mol. The van der Waals surface area contributed by atoms with Gasteiger partial charge >= 0.3 is 0 Å². The number of ether oxygens (including phenoxy) is 1. The van der Waals surface area contributed by atoms with Gasteiger partial charge in [0.15, 0.2) is 11.6 Å². The monoisotopic (exact) mass is 441 g/mol. The van der Waals surface area contributed by atoms with Gasteiger partial charge in [-0.25, -0.2) is 9.37 Å². The Hall–Kier alpha value is -2.35. The number of aryl methyl sites for hydroxylation is 1. The zero-order valence-corrected chi connectivity index (χ0v) is 18.6. The highest BCUT2D eigenvalue weighted by molar-refractivity contribution is 7.11. The standard InChI is InChI=1S/C24H28FN3O2S/c1-18-22(9-15-30-21-8-3-2-7-20(21)25)31-23(27-18)24(29)10-5-13-28(14-11-24)17-19-6-4-12-26-16-19/h2-4,6-8,12,16,29H,5,9-11,13-15,17H2,1H3. The van der Waals surface area contributed by atoms with Gasteiger partial charge < -0.3 is 9.84 Å². The quantitative estimate of drug-likeness (QED) is 0.586. The first-order valence-corrected chi connectivity index (χ1v) is 11.5. The van der Waals surface area contributed by atoms with E-state index >= 15 is 0 Å². The summed E-state index contributed by atoms with van der Waals surface area (Å²) in [6.45, 7) is 4.95. The molecule has 1 fully saturated rings. The summed E-state index contributed by atoms with van der Waals surface area (Å²) < 4.78 is 19.3. The van der Waals surface area contributed by atoms with Crippen LogP contribution < -0.4 is 4.74 Å². The molecule has 31 heavy (non-hydrogen) atoms. The van der Waals surface area contributed by atoms with E-state index < -0.39 is 5.60 Å². The number of aliphatic hydroxyl groups is 1. The molecule has 0 spiro atoms. The Labute approximate surface area is 186 Å².